The van der Waals surface area contributed by atoms with Gasteiger partial charge in [0.2, 0.25) is 11.8 Å². The topological polar surface area (TPSA) is 63.4 Å². The maximum Gasteiger partial charge on any atom is 0.230 e. The summed E-state index contributed by atoms with van der Waals surface area (Å²) in [7, 11) is 0. The van der Waals surface area contributed by atoms with Gasteiger partial charge in [-0.2, -0.15) is 0 Å². The predicted molar refractivity (Wildman–Crippen MR) is 81.4 cm³/mol. The van der Waals surface area contributed by atoms with Gasteiger partial charge in [0, 0.05) is 19.4 Å². The van der Waals surface area contributed by atoms with E-state index in [0.717, 1.165) is 32.1 Å². The van der Waals surface area contributed by atoms with E-state index in [2.05, 4.69) is 6.92 Å². The molecule has 0 aromatic rings. The van der Waals surface area contributed by atoms with Crippen molar-refractivity contribution in [3.05, 3.63) is 0 Å². The first-order chi connectivity index (χ1) is 10.0. The van der Waals surface area contributed by atoms with Crippen LogP contribution in [0.25, 0.3) is 0 Å². The normalized spacial score (nSPS) is 36.5. The minimum absolute atomic E-state index is 0.0132. The second kappa shape index (κ2) is 5.38. The van der Waals surface area contributed by atoms with Crippen molar-refractivity contribution in [1.29, 1.82) is 0 Å². The second-order valence-electron chi connectivity index (χ2n) is 7.81. The van der Waals surface area contributed by atoms with Gasteiger partial charge in [-0.3, -0.25) is 14.5 Å². The minimum Gasteiger partial charge on any atom is -0.328 e. The van der Waals surface area contributed by atoms with Crippen LogP contribution in [0, 0.1) is 11.3 Å². The van der Waals surface area contributed by atoms with Crippen molar-refractivity contribution >= 4 is 11.8 Å². The quantitative estimate of drug-likeness (QED) is 0.796. The zero-order valence-corrected chi connectivity index (χ0v) is 13.2. The fraction of sp³-hybridized carbons (Fsp3) is 0.882. The molecule has 21 heavy (non-hydrogen) atoms. The fourth-order valence-corrected chi connectivity index (χ4v) is 5.12. The van der Waals surface area contributed by atoms with E-state index in [1.54, 1.807) is 4.90 Å². The molecular formula is C17H28N2O2. The molecule has 2 aliphatic carbocycles. The summed E-state index contributed by atoms with van der Waals surface area (Å²) in [5.74, 6) is 0.644. The monoisotopic (exact) mass is 292 g/mol. The van der Waals surface area contributed by atoms with Crippen LogP contribution in [0.4, 0.5) is 0 Å². The van der Waals surface area contributed by atoms with Gasteiger partial charge in [-0.1, -0.05) is 32.6 Å². The van der Waals surface area contributed by atoms with Crippen LogP contribution in [0.3, 0.4) is 0 Å². The Hall–Kier alpha value is -0.900. The van der Waals surface area contributed by atoms with Crippen molar-refractivity contribution in [3.8, 4) is 0 Å². The highest BCUT2D eigenvalue weighted by Crippen LogP contribution is 2.49. The van der Waals surface area contributed by atoms with Gasteiger partial charge in [0.1, 0.15) is 0 Å². The van der Waals surface area contributed by atoms with Crippen LogP contribution in [-0.4, -0.2) is 28.8 Å². The number of rotatable bonds is 2. The predicted octanol–water partition coefficient (Wildman–Crippen LogP) is 2.60. The van der Waals surface area contributed by atoms with Crippen LogP contribution >= 0.6 is 0 Å². The zero-order chi connectivity index (χ0) is 15.1. The third kappa shape index (κ3) is 2.52. The minimum atomic E-state index is -0.397. The number of imide groups is 1. The third-order valence-corrected chi connectivity index (χ3v) is 6.14. The molecule has 3 aliphatic rings. The van der Waals surface area contributed by atoms with Crippen molar-refractivity contribution < 1.29 is 9.59 Å². The summed E-state index contributed by atoms with van der Waals surface area (Å²) < 4.78 is 0. The highest BCUT2D eigenvalue weighted by Gasteiger charge is 2.52. The summed E-state index contributed by atoms with van der Waals surface area (Å²) in [4.78, 5) is 27.2. The molecule has 2 saturated carbocycles. The average Bonchev–Trinajstić information content (AvgIpc) is 2.85. The summed E-state index contributed by atoms with van der Waals surface area (Å²) >= 11 is 0. The SMILES string of the molecule is CC1CCCC(CN)(N2C(=O)CC3(CCCC3)CC2=O)C1. The van der Waals surface area contributed by atoms with E-state index in [1.165, 1.54) is 19.3 Å². The molecule has 3 rings (SSSR count). The number of hydrogen-bond acceptors (Lipinski definition) is 3. The van der Waals surface area contributed by atoms with Crippen LogP contribution in [0.15, 0.2) is 0 Å². The van der Waals surface area contributed by atoms with Crippen LogP contribution < -0.4 is 5.73 Å². The van der Waals surface area contributed by atoms with Crippen molar-refractivity contribution in [2.45, 2.75) is 76.7 Å². The number of carbonyl (C=O) groups excluding carboxylic acids is 2. The van der Waals surface area contributed by atoms with Crippen LogP contribution in [0.2, 0.25) is 0 Å². The van der Waals surface area contributed by atoms with Gasteiger partial charge in [0.25, 0.3) is 0 Å². The molecule has 0 aromatic heterocycles. The molecule has 2 amide bonds. The Labute approximate surface area is 127 Å². The fourth-order valence-electron chi connectivity index (χ4n) is 5.12. The molecule has 1 heterocycles. The molecule has 1 saturated heterocycles. The molecule has 2 unspecified atom stereocenters. The van der Waals surface area contributed by atoms with Crippen LogP contribution in [-0.2, 0) is 9.59 Å². The lowest BCUT2D eigenvalue weighted by molar-refractivity contribution is -0.163. The molecule has 0 bridgehead atoms. The number of carbonyl (C=O) groups is 2. The number of nitrogens with zero attached hydrogens (tertiary/aromatic N) is 1. The standard InChI is InChI=1S/C17H28N2O2/c1-13-5-4-8-17(9-13,12-18)19-14(20)10-16(11-15(19)21)6-2-3-7-16/h13H,2-12,18H2,1H3. The number of amides is 2. The summed E-state index contributed by atoms with van der Waals surface area (Å²) in [6.07, 6.45) is 9.58. The van der Waals surface area contributed by atoms with E-state index in [0.29, 0.717) is 25.3 Å². The van der Waals surface area contributed by atoms with Crippen molar-refractivity contribution in [3.63, 3.8) is 0 Å². The van der Waals surface area contributed by atoms with Gasteiger partial charge in [-0.25, -0.2) is 0 Å². The van der Waals surface area contributed by atoms with Gasteiger partial charge in [0.05, 0.1) is 5.54 Å². The van der Waals surface area contributed by atoms with E-state index in [1.807, 2.05) is 0 Å². The molecule has 3 fully saturated rings. The lowest BCUT2D eigenvalue weighted by atomic mass is 9.71. The van der Waals surface area contributed by atoms with Gasteiger partial charge >= 0.3 is 0 Å². The Morgan fingerprint density at radius 1 is 1.10 bits per heavy atom. The maximum absolute atomic E-state index is 12.8. The molecule has 4 heteroatoms. The van der Waals surface area contributed by atoms with Crippen molar-refractivity contribution in [2.24, 2.45) is 17.1 Å². The Kier molecular flexibility index (Phi) is 3.85. The number of hydrogen-bond donors (Lipinski definition) is 1. The lowest BCUT2D eigenvalue weighted by Crippen LogP contribution is -2.63. The van der Waals surface area contributed by atoms with Gasteiger partial charge < -0.3 is 5.73 Å². The van der Waals surface area contributed by atoms with Crippen LogP contribution in [0.5, 0.6) is 0 Å². The number of nitrogens with two attached hydrogens (primary N) is 1. The molecule has 4 nitrogen and oxygen atoms in total. The maximum atomic E-state index is 12.8. The molecular weight excluding hydrogens is 264 g/mol. The zero-order valence-electron chi connectivity index (χ0n) is 13.2. The smallest absolute Gasteiger partial charge is 0.230 e. The first-order valence-corrected chi connectivity index (χ1v) is 8.56. The number of piperidine rings is 1. The molecule has 118 valence electrons. The third-order valence-electron chi connectivity index (χ3n) is 6.14. The summed E-state index contributed by atoms with van der Waals surface area (Å²) in [6.45, 7) is 2.63. The molecule has 2 atom stereocenters. The summed E-state index contributed by atoms with van der Waals surface area (Å²) in [5.41, 5.74) is 5.64. The first-order valence-electron chi connectivity index (χ1n) is 8.56. The van der Waals surface area contributed by atoms with E-state index in [9.17, 15) is 9.59 Å². The van der Waals surface area contributed by atoms with Crippen molar-refractivity contribution in [2.75, 3.05) is 6.54 Å². The Balaban J connectivity index is 1.84. The molecule has 2 N–H and O–H groups in total. The van der Waals surface area contributed by atoms with Gasteiger partial charge in [-0.05, 0) is 37.0 Å². The van der Waals surface area contributed by atoms with E-state index < -0.39 is 5.54 Å². The largest absolute Gasteiger partial charge is 0.328 e. The highest BCUT2D eigenvalue weighted by atomic mass is 16.2. The molecule has 0 aromatic carbocycles. The second-order valence-corrected chi connectivity index (χ2v) is 7.81. The Bertz CT molecular complexity index is 422. The van der Waals surface area contributed by atoms with Crippen molar-refractivity contribution in [1.82, 2.24) is 4.90 Å². The van der Waals surface area contributed by atoms with Gasteiger partial charge in [-0.15, -0.1) is 0 Å². The molecule has 1 aliphatic heterocycles. The Morgan fingerprint density at radius 2 is 1.71 bits per heavy atom. The molecule has 0 radical (unpaired) electrons. The van der Waals surface area contributed by atoms with E-state index in [-0.39, 0.29) is 17.2 Å². The Morgan fingerprint density at radius 3 is 2.24 bits per heavy atom. The van der Waals surface area contributed by atoms with E-state index in [4.69, 9.17) is 5.73 Å². The number of likely N-dealkylation sites (tertiary alicyclic amines) is 1. The van der Waals surface area contributed by atoms with E-state index >= 15 is 0 Å². The summed E-state index contributed by atoms with van der Waals surface area (Å²) in [6, 6.07) is 0. The first kappa shape index (κ1) is 15.0. The lowest BCUT2D eigenvalue weighted by Gasteiger charge is -2.50. The highest BCUT2D eigenvalue weighted by molar-refractivity contribution is 5.99. The van der Waals surface area contributed by atoms with Crippen LogP contribution in [0.1, 0.15) is 71.1 Å². The molecule has 1 spiro atoms. The summed E-state index contributed by atoms with van der Waals surface area (Å²) in [5, 5.41) is 0. The average molecular weight is 292 g/mol. The van der Waals surface area contributed by atoms with Gasteiger partial charge in [0.15, 0.2) is 0 Å².